The molecule has 104 valence electrons. The summed E-state index contributed by atoms with van der Waals surface area (Å²) in [6.45, 7) is 5.55. The maximum Gasteiger partial charge on any atom is 0.239 e. The molecule has 2 amide bonds. The Hall–Kier alpha value is -0.750. The standard InChI is InChI=1S/C12H23N3O2S/c1-4-12(5-2,18-3)8-15-11(17)9-6-14-10(16)7-13-9/h9,13H,4-8H2,1-3H3,(H,14,16)(H,15,17). The molecule has 0 spiro atoms. The van der Waals surface area contributed by atoms with Gasteiger partial charge in [-0.25, -0.2) is 0 Å². The number of hydrogen-bond donors (Lipinski definition) is 3. The highest BCUT2D eigenvalue weighted by atomic mass is 32.2. The van der Waals surface area contributed by atoms with E-state index in [4.69, 9.17) is 0 Å². The van der Waals surface area contributed by atoms with Gasteiger partial charge in [0.05, 0.1) is 6.54 Å². The highest BCUT2D eigenvalue weighted by Crippen LogP contribution is 2.29. The monoisotopic (exact) mass is 273 g/mol. The molecule has 1 heterocycles. The van der Waals surface area contributed by atoms with Gasteiger partial charge in [-0.1, -0.05) is 13.8 Å². The Bertz CT molecular complexity index is 287. The summed E-state index contributed by atoms with van der Waals surface area (Å²) in [5, 5.41) is 8.60. The highest BCUT2D eigenvalue weighted by Gasteiger charge is 2.28. The van der Waals surface area contributed by atoms with E-state index in [9.17, 15) is 9.59 Å². The molecule has 0 aromatic carbocycles. The number of hydrogen-bond acceptors (Lipinski definition) is 4. The van der Waals surface area contributed by atoms with Gasteiger partial charge in [-0.15, -0.1) is 0 Å². The molecule has 1 rings (SSSR count). The van der Waals surface area contributed by atoms with Crippen LogP contribution >= 0.6 is 11.8 Å². The van der Waals surface area contributed by atoms with Gasteiger partial charge in [0, 0.05) is 17.8 Å². The van der Waals surface area contributed by atoms with E-state index in [2.05, 4.69) is 36.1 Å². The third kappa shape index (κ3) is 3.88. The van der Waals surface area contributed by atoms with Crippen molar-refractivity contribution in [2.45, 2.75) is 37.5 Å². The minimum absolute atomic E-state index is 0.0321. The van der Waals surface area contributed by atoms with Crippen LogP contribution in [0.1, 0.15) is 26.7 Å². The second-order valence-corrected chi connectivity index (χ2v) is 5.82. The zero-order valence-corrected chi connectivity index (χ0v) is 12.2. The van der Waals surface area contributed by atoms with Crippen LogP contribution in [0, 0.1) is 0 Å². The average molecular weight is 273 g/mol. The van der Waals surface area contributed by atoms with Crippen LogP contribution in [-0.4, -0.2) is 48.5 Å². The lowest BCUT2D eigenvalue weighted by Crippen LogP contribution is -2.59. The molecule has 1 saturated heterocycles. The first-order valence-corrected chi connectivity index (χ1v) is 7.62. The van der Waals surface area contributed by atoms with Crippen molar-refractivity contribution in [3.05, 3.63) is 0 Å². The molecule has 0 bridgehead atoms. The van der Waals surface area contributed by atoms with Crippen molar-refractivity contribution < 1.29 is 9.59 Å². The quantitative estimate of drug-likeness (QED) is 0.642. The van der Waals surface area contributed by atoms with Crippen molar-refractivity contribution in [1.29, 1.82) is 0 Å². The van der Waals surface area contributed by atoms with E-state index < -0.39 is 0 Å². The Labute approximate surface area is 113 Å². The Kier molecular flexibility index (Phi) is 5.95. The molecule has 0 aromatic heterocycles. The summed E-state index contributed by atoms with van der Waals surface area (Å²) in [6, 6.07) is -0.309. The van der Waals surface area contributed by atoms with Crippen LogP contribution in [-0.2, 0) is 9.59 Å². The summed E-state index contributed by atoms with van der Waals surface area (Å²) >= 11 is 1.80. The summed E-state index contributed by atoms with van der Waals surface area (Å²) in [5.41, 5.74) is 0. The lowest BCUT2D eigenvalue weighted by Gasteiger charge is -2.31. The first-order chi connectivity index (χ1) is 8.56. The van der Waals surface area contributed by atoms with Crippen molar-refractivity contribution in [2.24, 2.45) is 0 Å². The lowest BCUT2D eigenvalue weighted by atomic mass is 10.0. The van der Waals surface area contributed by atoms with E-state index >= 15 is 0 Å². The molecule has 1 atom stereocenters. The number of carbonyl (C=O) groups is 2. The minimum Gasteiger partial charge on any atom is -0.353 e. The van der Waals surface area contributed by atoms with Crippen LogP contribution in [0.4, 0.5) is 0 Å². The maximum absolute atomic E-state index is 12.0. The first-order valence-electron chi connectivity index (χ1n) is 6.40. The molecule has 0 aliphatic carbocycles. The van der Waals surface area contributed by atoms with Crippen LogP contribution in [0.25, 0.3) is 0 Å². The second-order valence-electron chi connectivity index (χ2n) is 4.55. The van der Waals surface area contributed by atoms with Gasteiger partial charge >= 0.3 is 0 Å². The fourth-order valence-corrected chi connectivity index (χ4v) is 2.78. The fraction of sp³-hybridized carbons (Fsp3) is 0.833. The van der Waals surface area contributed by atoms with Gasteiger partial charge in [0.1, 0.15) is 6.04 Å². The third-order valence-electron chi connectivity index (χ3n) is 3.64. The molecule has 1 aliphatic heterocycles. The summed E-state index contributed by atoms with van der Waals surface area (Å²) in [4.78, 5) is 22.9. The topological polar surface area (TPSA) is 70.2 Å². The number of amides is 2. The molecule has 6 heteroatoms. The Morgan fingerprint density at radius 3 is 2.61 bits per heavy atom. The summed E-state index contributed by atoms with van der Waals surface area (Å²) in [7, 11) is 0. The van der Waals surface area contributed by atoms with Crippen molar-refractivity contribution in [1.82, 2.24) is 16.0 Å². The molecule has 5 nitrogen and oxygen atoms in total. The Morgan fingerprint density at radius 2 is 2.17 bits per heavy atom. The van der Waals surface area contributed by atoms with Crippen molar-refractivity contribution >= 4 is 23.6 Å². The number of carbonyl (C=O) groups excluding carboxylic acids is 2. The molecular weight excluding hydrogens is 250 g/mol. The molecule has 1 fully saturated rings. The van der Waals surface area contributed by atoms with E-state index in [1.54, 1.807) is 11.8 Å². The number of rotatable bonds is 6. The van der Waals surface area contributed by atoms with Crippen LogP contribution in [0.5, 0.6) is 0 Å². The lowest BCUT2D eigenvalue weighted by molar-refractivity contribution is -0.126. The van der Waals surface area contributed by atoms with Gasteiger partial charge in [0.25, 0.3) is 0 Å². The number of thioether (sulfide) groups is 1. The molecule has 1 aliphatic rings. The van der Waals surface area contributed by atoms with Crippen LogP contribution in [0.15, 0.2) is 0 Å². The van der Waals surface area contributed by atoms with Crippen molar-refractivity contribution in [3.8, 4) is 0 Å². The first kappa shape index (κ1) is 15.3. The van der Waals surface area contributed by atoms with Gasteiger partial charge < -0.3 is 10.6 Å². The molecule has 1 unspecified atom stereocenters. The molecule has 3 N–H and O–H groups in total. The number of piperazine rings is 1. The maximum atomic E-state index is 12.0. The summed E-state index contributed by atoms with van der Waals surface area (Å²) in [6.07, 6.45) is 4.14. The Morgan fingerprint density at radius 1 is 1.50 bits per heavy atom. The van der Waals surface area contributed by atoms with Crippen molar-refractivity contribution in [2.75, 3.05) is 25.9 Å². The Balaban J connectivity index is 2.42. The smallest absolute Gasteiger partial charge is 0.239 e. The van der Waals surface area contributed by atoms with Crippen LogP contribution < -0.4 is 16.0 Å². The van der Waals surface area contributed by atoms with Gasteiger partial charge in [-0.3, -0.25) is 14.9 Å². The number of nitrogens with one attached hydrogen (secondary N) is 3. The van der Waals surface area contributed by atoms with Gasteiger partial charge in [0.15, 0.2) is 0 Å². The minimum atomic E-state index is -0.309. The molecule has 18 heavy (non-hydrogen) atoms. The summed E-state index contributed by atoms with van der Waals surface area (Å²) in [5.74, 6) is -0.0880. The zero-order chi connectivity index (χ0) is 13.6. The third-order valence-corrected chi connectivity index (χ3v) is 5.22. The van der Waals surface area contributed by atoms with Crippen LogP contribution in [0.2, 0.25) is 0 Å². The van der Waals surface area contributed by atoms with E-state index in [1.807, 2.05) is 0 Å². The van der Waals surface area contributed by atoms with Gasteiger partial charge in [-0.2, -0.15) is 11.8 Å². The normalized spacial score (nSPS) is 20.4. The van der Waals surface area contributed by atoms with Crippen LogP contribution in [0.3, 0.4) is 0 Å². The van der Waals surface area contributed by atoms with E-state index in [0.29, 0.717) is 13.1 Å². The molecule has 0 saturated carbocycles. The fourth-order valence-electron chi connectivity index (χ4n) is 1.98. The zero-order valence-electron chi connectivity index (χ0n) is 11.3. The van der Waals surface area contributed by atoms with E-state index in [1.165, 1.54) is 0 Å². The van der Waals surface area contributed by atoms with E-state index in [0.717, 1.165) is 12.8 Å². The second kappa shape index (κ2) is 6.99. The predicted octanol–water partition coefficient (Wildman–Crippen LogP) is 0.112. The molecular formula is C12H23N3O2S. The van der Waals surface area contributed by atoms with Crippen molar-refractivity contribution in [3.63, 3.8) is 0 Å². The molecule has 0 aromatic rings. The average Bonchev–Trinajstić information content (AvgIpc) is 2.41. The highest BCUT2D eigenvalue weighted by molar-refractivity contribution is 8.00. The van der Waals surface area contributed by atoms with Gasteiger partial charge in [0.2, 0.25) is 11.8 Å². The predicted molar refractivity (Wildman–Crippen MR) is 74.6 cm³/mol. The largest absolute Gasteiger partial charge is 0.353 e. The molecule has 0 radical (unpaired) electrons. The SMILES string of the molecule is CCC(CC)(CNC(=O)C1CNC(=O)CN1)SC. The van der Waals surface area contributed by atoms with Gasteiger partial charge in [-0.05, 0) is 19.1 Å². The summed E-state index contributed by atoms with van der Waals surface area (Å²) < 4.78 is 0.119. The van der Waals surface area contributed by atoms with E-state index in [-0.39, 0.29) is 29.1 Å².